The lowest BCUT2D eigenvalue weighted by Gasteiger charge is -2.30. The summed E-state index contributed by atoms with van der Waals surface area (Å²) in [5, 5.41) is 3.51. The van der Waals surface area contributed by atoms with Crippen molar-refractivity contribution < 1.29 is 14.3 Å². The zero-order valence-corrected chi connectivity index (χ0v) is 14.9. The van der Waals surface area contributed by atoms with Crippen LogP contribution >= 0.6 is 11.3 Å². The molecule has 0 aromatic carbocycles. The minimum absolute atomic E-state index is 0.244. The van der Waals surface area contributed by atoms with E-state index in [0.29, 0.717) is 6.42 Å². The first kappa shape index (κ1) is 18.4. The summed E-state index contributed by atoms with van der Waals surface area (Å²) in [6, 6.07) is 3.24. The third-order valence-electron chi connectivity index (χ3n) is 2.76. The van der Waals surface area contributed by atoms with Crippen LogP contribution in [0.1, 0.15) is 25.6 Å². The largest absolute Gasteiger partial charge is 0.444 e. The Morgan fingerprint density at radius 2 is 1.95 bits per heavy atom. The van der Waals surface area contributed by atoms with Crippen molar-refractivity contribution in [2.45, 2.75) is 38.8 Å². The van der Waals surface area contributed by atoms with Crippen LogP contribution in [0.4, 0.5) is 4.79 Å². The van der Waals surface area contributed by atoms with Crippen LogP contribution in [0, 0.1) is 0 Å². The van der Waals surface area contributed by atoms with E-state index < -0.39 is 17.7 Å². The fraction of sp³-hybridized carbons (Fsp3) is 0.600. The van der Waals surface area contributed by atoms with Gasteiger partial charge in [-0.25, -0.2) is 9.80 Å². The van der Waals surface area contributed by atoms with E-state index in [4.69, 9.17) is 4.74 Å². The summed E-state index contributed by atoms with van der Waals surface area (Å²) < 4.78 is 5.35. The molecule has 1 aromatic rings. The van der Waals surface area contributed by atoms with Crippen molar-refractivity contribution in [3.05, 3.63) is 22.4 Å². The number of carbonyl (C=O) groups excluding carboxylic acids is 2. The smallest absolute Gasteiger partial charge is 0.410 e. The second kappa shape index (κ2) is 7.60. The standard InChI is InChI=1S/C15H25N3O3S/c1-15(2,3)21-14(20)18(6)12(13(19)16-17(4)5)10-11-8-7-9-22-11/h7-9,12H,10H2,1-6H3,(H,16,19). The van der Waals surface area contributed by atoms with E-state index in [1.807, 2.05) is 17.5 Å². The highest BCUT2D eigenvalue weighted by Crippen LogP contribution is 2.16. The molecule has 0 aliphatic rings. The molecular formula is C15H25N3O3S. The lowest BCUT2D eigenvalue weighted by atomic mass is 10.1. The molecule has 22 heavy (non-hydrogen) atoms. The number of nitrogens with zero attached hydrogens (tertiary/aromatic N) is 2. The summed E-state index contributed by atoms with van der Waals surface area (Å²) in [6.45, 7) is 5.40. The highest BCUT2D eigenvalue weighted by atomic mass is 32.1. The lowest BCUT2D eigenvalue weighted by Crippen LogP contribution is -2.52. The predicted molar refractivity (Wildman–Crippen MR) is 87.6 cm³/mol. The molecule has 1 N–H and O–H groups in total. The van der Waals surface area contributed by atoms with Crippen molar-refractivity contribution in [2.75, 3.05) is 21.1 Å². The van der Waals surface area contributed by atoms with Crippen molar-refractivity contribution in [3.8, 4) is 0 Å². The number of hydrogen-bond acceptors (Lipinski definition) is 5. The van der Waals surface area contributed by atoms with Crippen LogP contribution in [0.3, 0.4) is 0 Å². The van der Waals surface area contributed by atoms with Crippen LogP contribution in [0.15, 0.2) is 17.5 Å². The maximum absolute atomic E-state index is 12.4. The van der Waals surface area contributed by atoms with E-state index in [0.717, 1.165) is 4.88 Å². The van der Waals surface area contributed by atoms with Crippen molar-refractivity contribution in [3.63, 3.8) is 0 Å². The van der Waals surface area contributed by atoms with Gasteiger partial charge in [0.15, 0.2) is 0 Å². The molecule has 124 valence electrons. The fourth-order valence-corrected chi connectivity index (χ4v) is 2.52. The summed E-state index contributed by atoms with van der Waals surface area (Å²) in [7, 11) is 5.04. The van der Waals surface area contributed by atoms with E-state index in [1.165, 1.54) is 4.90 Å². The van der Waals surface area contributed by atoms with Gasteiger partial charge in [-0.3, -0.25) is 15.1 Å². The highest BCUT2D eigenvalue weighted by Gasteiger charge is 2.30. The number of carbonyl (C=O) groups is 2. The summed E-state index contributed by atoms with van der Waals surface area (Å²) in [4.78, 5) is 27.0. The van der Waals surface area contributed by atoms with Crippen molar-refractivity contribution >= 4 is 23.3 Å². The first-order valence-electron chi connectivity index (χ1n) is 7.06. The van der Waals surface area contributed by atoms with E-state index in [-0.39, 0.29) is 5.91 Å². The average molecular weight is 327 g/mol. The van der Waals surface area contributed by atoms with Crippen LogP contribution < -0.4 is 5.43 Å². The van der Waals surface area contributed by atoms with Gasteiger partial charge in [-0.15, -0.1) is 11.3 Å². The van der Waals surface area contributed by atoms with E-state index in [9.17, 15) is 9.59 Å². The zero-order valence-electron chi connectivity index (χ0n) is 14.0. The minimum Gasteiger partial charge on any atom is -0.444 e. The number of likely N-dealkylation sites (N-methyl/N-ethyl adjacent to an activating group) is 1. The number of hydrazine groups is 1. The molecular weight excluding hydrogens is 302 g/mol. The second-order valence-corrected chi connectivity index (χ2v) is 7.29. The number of thiophene rings is 1. The van der Waals surface area contributed by atoms with Gasteiger partial charge in [0.2, 0.25) is 0 Å². The van der Waals surface area contributed by atoms with Gasteiger partial charge in [0, 0.05) is 32.4 Å². The zero-order chi connectivity index (χ0) is 16.9. The number of amides is 2. The topological polar surface area (TPSA) is 61.9 Å². The van der Waals surface area contributed by atoms with Gasteiger partial charge in [0.1, 0.15) is 11.6 Å². The normalized spacial score (nSPS) is 12.9. The minimum atomic E-state index is -0.629. The molecule has 0 radical (unpaired) electrons. The molecule has 0 aliphatic heterocycles. The van der Waals surface area contributed by atoms with Gasteiger partial charge >= 0.3 is 6.09 Å². The number of hydrogen-bond donors (Lipinski definition) is 1. The molecule has 1 atom stereocenters. The third-order valence-corrected chi connectivity index (χ3v) is 3.66. The Hall–Kier alpha value is -1.60. The van der Waals surface area contributed by atoms with Gasteiger partial charge in [-0.2, -0.15) is 0 Å². The quantitative estimate of drug-likeness (QED) is 0.842. The van der Waals surface area contributed by atoms with Gasteiger partial charge < -0.3 is 4.74 Å². The summed E-state index contributed by atoms with van der Waals surface area (Å²) in [5.41, 5.74) is 2.10. The Morgan fingerprint density at radius 1 is 1.32 bits per heavy atom. The maximum Gasteiger partial charge on any atom is 0.410 e. The van der Waals surface area contributed by atoms with Gasteiger partial charge in [0.25, 0.3) is 5.91 Å². The van der Waals surface area contributed by atoms with Crippen LogP contribution in [0.25, 0.3) is 0 Å². The number of rotatable bonds is 5. The number of nitrogens with one attached hydrogen (secondary N) is 1. The Bertz CT molecular complexity index is 495. The molecule has 1 unspecified atom stereocenters. The Morgan fingerprint density at radius 3 is 2.41 bits per heavy atom. The van der Waals surface area contributed by atoms with E-state index in [2.05, 4.69) is 5.43 Å². The fourth-order valence-electron chi connectivity index (χ4n) is 1.78. The van der Waals surface area contributed by atoms with Crippen molar-refractivity contribution in [1.29, 1.82) is 0 Å². The van der Waals surface area contributed by atoms with Gasteiger partial charge in [-0.05, 0) is 32.2 Å². The molecule has 0 spiro atoms. The van der Waals surface area contributed by atoms with Crippen LogP contribution in [0.5, 0.6) is 0 Å². The predicted octanol–water partition coefficient (Wildman–Crippen LogP) is 2.12. The molecule has 7 heteroatoms. The molecule has 0 saturated carbocycles. The summed E-state index contributed by atoms with van der Waals surface area (Å²) in [6.07, 6.45) is -0.0597. The highest BCUT2D eigenvalue weighted by molar-refractivity contribution is 7.09. The lowest BCUT2D eigenvalue weighted by molar-refractivity contribution is -0.129. The summed E-state index contributed by atoms with van der Waals surface area (Å²) >= 11 is 1.56. The number of ether oxygens (including phenoxy) is 1. The molecule has 0 aliphatic carbocycles. The monoisotopic (exact) mass is 327 g/mol. The van der Waals surface area contributed by atoms with Crippen molar-refractivity contribution in [2.24, 2.45) is 0 Å². The maximum atomic E-state index is 12.4. The molecule has 6 nitrogen and oxygen atoms in total. The SMILES string of the molecule is CN(C)NC(=O)C(Cc1cccs1)N(C)C(=O)OC(C)(C)C. The molecule has 1 rings (SSSR count). The van der Waals surface area contributed by atoms with Gasteiger partial charge in [-0.1, -0.05) is 6.07 Å². The van der Waals surface area contributed by atoms with E-state index >= 15 is 0 Å². The van der Waals surface area contributed by atoms with Crippen LogP contribution in [0.2, 0.25) is 0 Å². The second-order valence-electron chi connectivity index (χ2n) is 6.26. The Labute approximate surface area is 136 Å². The molecule has 0 fully saturated rings. The molecule has 2 amide bonds. The molecule has 0 bridgehead atoms. The van der Waals surface area contributed by atoms with E-state index in [1.54, 1.807) is 58.3 Å². The average Bonchev–Trinajstić information content (AvgIpc) is 2.84. The molecule has 1 aromatic heterocycles. The first-order valence-corrected chi connectivity index (χ1v) is 7.94. The van der Waals surface area contributed by atoms with Gasteiger partial charge in [0.05, 0.1) is 0 Å². The Kier molecular flexibility index (Phi) is 6.37. The van der Waals surface area contributed by atoms with Crippen molar-refractivity contribution in [1.82, 2.24) is 15.3 Å². The third kappa shape index (κ3) is 6.03. The molecule has 1 heterocycles. The molecule has 0 saturated heterocycles. The first-order chi connectivity index (χ1) is 10.1. The van der Waals surface area contributed by atoms with Crippen LogP contribution in [-0.2, 0) is 16.0 Å². The van der Waals surface area contributed by atoms with Crippen LogP contribution in [-0.4, -0.2) is 54.7 Å². The Balaban J connectivity index is 2.88. The summed E-state index contributed by atoms with van der Waals surface area (Å²) in [5.74, 6) is -0.244.